The second kappa shape index (κ2) is 12.8. The van der Waals surface area contributed by atoms with Crippen LogP contribution >= 0.6 is 11.8 Å². The molecule has 0 spiro atoms. The predicted octanol–water partition coefficient (Wildman–Crippen LogP) is 4.32. The second-order valence-corrected chi connectivity index (χ2v) is 9.28. The Balaban J connectivity index is 1.85. The van der Waals surface area contributed by atoms with Gasteiger partial charge >= 0.3 is 0 Å². The van der Waals surface area contributed by atoms with Crippen LogP contribution in [0.5, 0.6) is 0 Å². The van der Waals surface area contributed by atoms with Gasteiger partial charge in [-0.3, -0.25) is 10.1 Å². The Morgan fingerprint density at radius 1 is 1.28 bits per heavy atom. The number of hydrogen-bond acceptors (Lipinski definition) is 7. The standard InChI is InChI=1S/C21H36N4O3S/c1-24(2)14-18-10-11-19(28-18)16-29-13-12-17-8-6-4-3-5-7-9-20(17)23-21(22)15-25(26)27/h10-11,15,17,20,23H,3-9,12-14,16,22H2,1-2H3. The minimum absolute atomic E-state index is 0.168. The molecule has 1 aromatic rings. The van der Waals surface area contributed by atoms with E-state index in [1.54, 1.807) is 0 Å². The third-order valence-corrected chi connectivity index (χ3v) is 6.34. The summed E-state index contributed by atoms with van der Waals surface area (Å²) in [6, 6.07) is 4.33. The maximum Gasteiger partial charge on any atom is 0.273 e. The Kier molecular flexibility index (Phi) is 10.4. The van der Waals surface area contributed by atoms with Gasteiger partial charge in [-0.2, -0.15) is 11.8 Å². The van der Waals surface area contributed by atoms with Crippen LogP contribution in [0.15, 0.2) is 28.6 Å². The summed E-state index contributed by atoms with van der Waals surface area (Å²) < 4.78 is 5.89. The van der Waals surface area contributed by atoms with Crippen molar-refractivity contribution < 1.29 is 9.34 Å². The van der Waals surface area contributed by atoms with Crippen molar-refractivity contribution >= 4 is 11.8 Å². The number of nitrogens with two attached hydrogens (primary N) is 1. The van der Waals surface area contributed by atoms with Gasteiger partial charge in [0.05, 0.1) is 17.2 Å². The van der Waals surface area contributed by atoms with Crippen LogP contribution in [0.25, 0.3) is 0 Å². The summed E-state index contributed by atoms with van der Waals surface area (Å²) in [5, 5.41) is 14.0. The molecule has 1 aromatic heterocycles. The molecule has 2 atom stereocenters. The number of nitrogens with zero attached hydrogens (tertiary/aromatic N) is 2. The lowest BCUT2D eigenvalue weighted by atomic mass is 9.89. The molecule has 1 fully saturated rings. The SMILES string of the molecule is CN(C)Cc1ccc(CSCCC2CCCCCCCC2NC(N)=C[N+](=O)[O-])o1. The van der Waals surface area contributed by atoms with Gasteiger partial charge in [0, 0.05) is 6.04 Å². The minimum Gasteiger partial charge on any atom is -0.464 e. The average Bonchev–Trinajstić information content (AvgIpc) is 3.10. The van der Waals surface area contributed by atoms with Crippen LogP contribution in [0, 0.1) is 16.0 Å². The Morgan fingerprint density at radius 3 is 2.69 bits per heavy atom. The van der Waals surface area contributed by atoms with Gasteiger partial charge < -0.3 is 20.4 Å². The molecule has 0 aromatic carbocycles. The second-order valence-electron chi connectivity index (χ2n) is 8.17. The minimum atomic E-state index is -0.490. The van der Waals surface area contributed by atoms with Gasteiger partial charge in [-0.25, -0.2) is 0 Å². The fraction of sp³-hybridized carbons (Fsp3) is 0.714. The lowest BCUT2D eigenvalue weighted by molar-refractivity contribution is -0.403. The van der Waals surface area contributed by atoms with Crippen molar-refractivity contribution in [2.75, 3.05) is 19.8 Å². The highest BCUT2D eigenvalue weighted by atomic mass is 32.2. The first kappa shape index (κ1) is 23.6. The summed E-state index contributed by atoms with van der Waals surface area (Å²) in [7, 11) is 4.07. The average molecular weight is 425 g/mol. The molecule has 0 aliphatic heterocycles. The Labute approximate surface area is 178 Å². The Morgan fingerprint density at radius 2 is 1.97 bits per heavy atom. The molecule has 1 saturated carbocycles. The van der Waals surface area contributed by atoms with Crippen LogP contribution in [0.3, 0.4) is 0 Å². The van der Waals surface area contributed by atoms with Crippen molar-refractivity contribution in [1.82, 2.24) is 10.2 Å². The first-order chi connectivity index (χ1) is 13.9. The van der Waals surface area contributed by atoms with Crippen LogP contribution < -0.4 is 11.1 Å². The smallest absolute Gasteiger partial charge is 0.273 e. The molecule has 1 heterocycles. The molecule has 1 aliphatic rings. The van der Waals surface area contributed by atoms with Gasteiger partial charge in [0.25, 0.3) is 6.20 Å². The molecule has 0 amide bonds. The molecule has 3 N–H and O–H groups in total. The van der Waals surface area contributed by atoms with E-state index in [9.17, 15) is 10.1 Å². The summed E-state index contributed by atoms with van der Waals surface area (Å²) in [6.45, 7) is 0.819. The van der Waals surface area contributed by atoms with Crippen LogP contribution in [0.4, 0.5) is 0 Å². The molecular formula is C21H36N4O3S. The van der Waals surface area contributed by atoms with Crippen molar-refractivity contribution in [1.29, 1.82) is 0 Å². The molecule has 1 aliphatic carbocycles. The van der Waals surface area contributed by atoms with Crippen molar-refractivity contribution in [3.63, 3.8) is 0 Å². The van der Waals surface area contributed by atoms with Crippen molar-refractivity contribution in [3.05, 3.63) is 45.8 Å². The lowest BCUT2D eigenvalue weighted by Gasteiger charge is -2.28. The van der Waals surface area contributed by atoms with Crippen LogP contribution in [0.2, 0.25) is 0 Å². The van der Waals surface area contributed by atoms with Crippen LogP contribution in [0.1, 0.15) is 62.9 Å². The first-order valence-electron chi connectivity index (χ1n) is 10.6. The summed E-state index contributed by atoms with van der Waals surface area (Å²) in [5.41, 5.74) is 5.85. The van der Waals surface area contributed by atoms with Crippen molar-refractivity contribution in [2.45, 2.75) is 69.7 Å². The number of thioether (sulfide) groups is 1. The van der Waals surface area contributed by atoms with E-state index in [2.05, 4.69) is 22.3 Å². The molecule has 0 radical (unpaired) electrons. The number of nitrogens with one attached hydrogen (secondary N) is 1. The summed E-state index contributed by atoms with van der Waals surface area (Å²) in [4.78, 5) is 12.3. The number of rotatable bonds is 10. The van der Waals surface area contributed by atoms with E-state index in [0.717, 1.165) is 61.5 Å². The highest BCUT2D eigenvalue weighted by Gasteiger charge is 2.23. The zero-order chi connectivity index (χ0) is 21.1. The zero-order valence-corrected chi connectivity index (χ0v) is 18.6. The van der Waals surface area contributed by atoms with Gasteiger partial charge in [0.15, 0.2) is 5.82 Å². The van der Waals surface area contributed by atoms with E-state index in [1.807, 2.05) is 25.9 Å². The number of hydrogen-bond donors (Lipinski definition) is 2. The first-order valence-corrected chi connectivity index (χ1v) is 11.8. The topological polar surface area (TPSA) is 97.6 Å². The normalized spacial score (nSPS) is 21.4. The quantitative estimate of drug-likeness (QED) is 0.328. The molecule has 164 valence electrons. The van der Waals surface area contributed by atoms with E-state index in [1.165, 1.54) is 25.7 Å². The summed E-state index contributed by atoms with van der Waals surface area (Å²) in [6.07, 6.45) is 10.3. The summed E-state index contributed by atoms with van der Waals surface area (Å²) in [5.74, 6) is 4.60. The molecule has 7 nitrogen and oxygen atoms in total. The van der Waals surface area contributed by atoms with Crippen LogP contribution in [-0.4, -0.2) is 35.7 Å². The Bertz CT molecular complexity index is 648. The predicted molar refractivity (Wildman–Crippen MR) is 119 cm³/mol. The lowest BCUT2D eigenvalue weighted by Crippen LogP contribution is -2.38. The van der Waals surface area contributed by atoms with Gasteiger partial charge in [0.1, 0.15) is 11.5 Å². The highest BCUT2D eigenvalue weighted by molar-refractivity contribution is 7.98. The highest BCUT2D eigenvalue weighted by Crippen LogP contribution is 2.27. The Hall–Kier alpha value is -1.67. The van der Waals surface area contributed by atoms with Crippen molar-refractivity contribution in [3.8, 4) is 0 Å². The van der Waals surface area contributed by atoms with E-state index >= 15 is 0 Å². The molecule has 0 bridgehead atoms. The largest absolute Gasteiger partial charge is 0.464 e. The van der Waals surface area contributed by atoms with E-state index in [-0.39, 0.29) is 11.9 Å². The van der Waals surface area contributed by atoms with Crippen molar-refractivity contribution in [2.24, 2.45) is 11.7 Å². The zero-order valence-electron chi connectivity index (χ0n) is 17.8. The fourth-order valence-electron chi connectivity index (χ4n) is 3.94. The van der Waals surface area contributed by atoms with E-state index < -0.39 is 4.92 Å². The fourth-order valence-corrected chi connectivity index (χ4v) is 4.91. The molecule has 2 rings (SSSR count). The monoisotopic (exact) mass is 424 g/mol. The number of furan rings is 1. The molecule has 2 unspecified atom stereocenters. The van der Waals surface area contributed by atoms with Gasteiger partial charge in [-0.1, -0.05) is 32.1 Å². The third kappa shape index (κ3) is 9.58. The summed E-state index contributed by atoms with van der Waals surface area (Å²) >= 11 is 1.89. The van der Waals surface area contributed by atoms with E-state index in [4.69, 9.17) is 10.2 Å². The molecule has 29 heavy (non-hydrogen) atoms. The third-order valence-electron chi connectivity index (χ3n) is 5.32. The van der Waals surface area contributed by atoms with E-state index in [0.29, 0.717) is 5.92 Å². The molecule has 0 saturated heterocycles. The molecule has 8 heteroatoms. The number of nitro groups is 1. The van der Waals surface area contributed by atoms with Gasteiger partial charge in [0.2, 0.25) is 0 Å². The molecular weight excluding hydrogens is 388 g/mol. The van der Waals surface area contributed by atoms with Gasteiger partial charge in [-0.05, 0) is 57.2 Å². The van der Waals surface area contributed by atoms with Gasteiger partial charge in [-0.15, -0.1) is 0 Å². The van der Waals surface area contributed by atoms with Crippen LogP contribution in [-0.2, 0) is 12.3 Å². The maximum atomic E-state index is 10.7. The maximum absolute atomic E-state index is 10.7.